The Balaban J connectivity index is 1.92. The minimum atomic E-state index is 0.0454. The summed E-state index contributed by atoms with van der Waals surface area (Å²) in [6.07, 6.45) is 2.68. The van der Waals surface area contributed by atoms with Crippen LogP contribution in [0, 0.1) is 17.2 Å². The van der Waals surface area contributed by atoms with Crippen molar-refractivity contribution in [3.63, 3.8) is 0 Å². The Labute approximate surface area is 126 Å². The summed E-state index contributed by atoms with van der Waals surface area (Å²) in [5.74, 6) is 0.604. The molecule has 4 nitrogen and oxygen atoms in total. The summed E-state index contributed by atoms with van der Waals surface area (Å²) in [5, 5.41) is 12.0. The summed E-state index contributed by atoms with van der Waals surface area (Å²) in [7, 11) is 0. The van der Waals surface area contributed by atoms with Crippen molar-refractivity contribution in [3.05, 3.63) is 35.9 Å². The normalized spacial score (nSPS) is 17.9. The fourth-order valence-corrected chi connectivity index (χ4v) is 2.98. The van der Waals surface area contributed by atoms with Crippen molar-refractivity contribution in [1.82, 2.24) is 10.2 Å². The van der Waals surface area contributed by atoms with Crippen molar-refractivity contribution in [2.24, 2.45) is 5.92 Å². The van der Waals surface area contributed by atoms with Crippen LogP contribution in [0.4, 0.5) is 0 Å². The lowest BCUT2D eigenvalue weighted by atomic mass is 9.93. The number of nitriles is 1. The molecule has 21 heavy (non-hydrogen) atoms. The quantitative estimate of drug-likeness (QED) is 0.904. The highest BCUT2D eigenvalue weighted by Gasteiger charge is 2.25. The lowest BCUT2D eigenvalue weighted by Crippen LogP contribution is -2.40. The van der Waals surface area contributed by atoms with E-state index in [1.165, 1.54) is 5.56 Å². The standard InChI is InChI=1S/C17H23N3O/c1-14(21)19-13-15-8-11-20(12-9-15)17(7-10-18)16-5-3-2-4-6-16/h2-6,15,17H,7-9,11-13H2,1H3,(H,19,21). The van der Waals surface area contributed by atoms with E-state index in [-0.39, 0.29) is 11.9 Å². The van der Waals surface area contributed by atoms with E-state index in [9.17, 15) is 4.79 Å². The number of nitrogens with zero attached hydrogens (tertiary/aromatic N) is 2. The van der Waals surface area contributed by atoms with E-state index in [2.05, 4.69) is 28.4 Å². The molecule has 0 bridgehead atoms. The number of hydrogen-bond donors (Lipinski definition) is 1. The summed E-state index contributed by atoms with van der Waals surface area (Å²) in [5.41, 5.74) is 1.22. The van der Waals surface area contributed by atoms with Crippen LogP contribution in [0.2, 0.25) is 0 Å². The Morgan fingerprint density at radius 2 is 2.05 bits per heavy atom. The largest absolute Gasteiger partial charge is 0.356 e. The van der Waals surface area contributed by atoms with Crippen LogP contribution in [0.3, 0.4) is 0 Å². The number of amides is 1. The van der Waals surface area contributed by atoms with Crippen LogP contribution in [-0.4, -0.2) is 30.4 Å². The Morgan fingerprint density at radius 1 is 1.38 bits per heavy atom. The minimum absolute atomic E-state index is 0.0454. The van der Waals surface area contributed by atoms with E-state index in [4.69, 9.17) is 5.26 Å². The van der Waals surface area contributed by atoms with Gasteiger partial charge in [0.2, 0.25) is 5.91 Å². The van der Waals surface area contributed by atoms with Crippen LogP contribution in [0.5, 0.6) is 0 Å². The second kappa shape index (κ2) is 7.80. The van der Waals surface area contributed by atoms with Gasteiger partial charge in [0.25, 0.3) is 0 Å². The monoisotopic (exact) mass is 285 g/mol. The number of nitrogens with one attached hydrogen (secondary N) is 1. The summed E-state index contributed by atoms with van der Waals surface area (Å²) in [6.45, 7) is 4.32. The molecule has 1 aromatic carbocycles. The van der Waals surface area contributed by atoms with Crippen molar-refractivity contribution in [2.75, 3.05) is 19.6 Å². The maximum atomic E-state index is 11.0. The molecule has 1 atom stereocenters. The highest BCUT2D eigenvalue weighted by molar-refractivity contribution is 5.72. The minimum Gasteiger partial charge on any atom is -0.356 e. The molecule has 1 unspecified atom stereocenters. The molecule has 1 aliphatic heterocycles. The second-order valence-corrected chi connectivity index (χ2v) is 5.71. The molecular weight excluding hydrogens is 262 g/mol. The fourth-order valence-electron chi connectivity index (χ4n) is 2.98. The first kappa shape index (κ1) is 15.5. The highest BCUT2D eigenvalue weighted by atomic mass is 16.1. The number of benzene rings is 1. The van der Waals surface area contributed by atoms with Crippen LogP contribution in [0.25, 0.3) is 0 Å². The molecule has 4 heteroatoms. The molecule has 0 radical (unpaired) electrons. The van der Waals surface area contributed by atoms with Gasteiger partial charge in [0, 0.05) is 19.5 Å². The van der Waals surface area contributed by atoms with Crippen molar-refractivity contribution in [3.8, 4) is 6.07 Å². The Morgan fingerprint density at radius 3 is 2.62 bits per heavy atom. The maximum Gasteiger partial charge on any atom is 0.216 e. The van der Waals surface area contributed by atoms with Gasteiger partial charge in [-0.1, -0.05) is 30.3 Å². The first-order chi connectivity index (χ1) is 10.2. The third-order valence-corrected chi connectivity index (χ3v) is 4.20. The van der Waals surface area contributed by atoms with Crippen LogP contribution in [0.15, 0.2) is 30.3 Å². The molecule has 1 aliphatic rings. The zero-order valence-corrected chi connectivity index (χ0v) is 12.6. The highest BCUT2D eigenvalue weighted by Crippen LogP contribution is 2.28. The number of carbonyl (C=O) groups excluding carboxylic acids is 1. The van der Waals surface area contributed by atoms with Crippen LogP contribution < -0.4 is 5.32 Å². The third-order valence-electron chi connectivity index (χ3n) is 4.20. The molecule has 1 saturated heterocycles. The summed E-state index contributed by atoms with van der Waals surface area (Å²) in [4.78, 5) is 13.4. The molecule has 0 aliphatic carbocycles. The molecule has 1 heterocycles. The van der Waals surface area contributed by atoms with Crippen molar-refractivity contribution in [2.45, 2.75) is 32.2 Å². The van der Waals surface area contributed by atoms with Gasteiger partial charge in [-0.15, -0.1) is 0 Å². The fraction of sp³-hybridized carbons (Fsp3) is 0.529. The summed E-state index contributed by atoms with van der Waals surface area (Å²) in [6, 6.07) is 12.8. The molecule has 0 spiro atoms. The van der Waals surface area contributed by atoms with Gasteiger partial charge in [-0.3, -0.25) is 9.69 Å². The Hall–Kier alpha value is -1.86. The van der Waals surface area contributed by atoms with E-state index < -0.39 is 0 Å². The number of hydrogen-bond acceptors (Lipinski definition) is 3. The predicted octanol–water partition coefficient (Wildman–Crippen LogP) is 2.49. The van der Waals surface area contributed by atoms with Gasteiger partial charge in [0.1, 0.15) is 0 Å². The van der Waals surface area contributed by atoms with E-state index >= 15 is 0 Å². The van der Waals surface area contributed by atoms with Crippen molar-refractivity contribution >= 4 is 5.91 Å². The molecule has 112 valence electrons. The number of rotatable bonds is 5. The van der Waals surface area contributed by atoms with E-state index in [0.717, 1.165) is 32.5 Å². The number of carbonyl (C=O) groups is 1. The number of piperidine rings is 1. The Bertz CT molecular complexity index is 487. The Kier molecular flexibility index (Phi) is 5.77. The van der Waals surface area contributed by atoms with Gasteiger partial charge >= 0.3 is 0 Å². The van der Waals surface area contributed by atoms with E-state index in [1.807, 2.05) is 18.2 Å². The second-order valence-electron chi connectivity index (χ2n) is 5.71. The molecule has 1 amide bonds. The summed E-state index contributed by atoms with van der Waals surface area (Å²) < 4.78 is 0. The van der Waals surface area contributed by atoms with Gasteiger partial charge in [-0.05, 0) is 37.4 Å². The van der Waals surface area contributed by atoms with Gasteiger partial charge in [-0.2, -0.15) is 5.26 Å². The lowest BCUT2D eigenvalue weighted by molar-refractivity contribution is -0.119. The number of likely N-dealkylation sites (tertiary alicyclic amines) is 1. The lowest BCUT2D eigenvalue weighted by Gasteiger charge is -2.37. The van der Waals surface area contributed by atoms with E-state index in [0.29, 0.717) is 12.3 Å². The van der Waals surface area contributed by atoms with Crippen LogP contribution in [0.1, 0.15) is 37.8 Å². The van der Waals surface area contributed by atoms with Crippen LogP contribution in [-0.2, 0) is 4.79 Å². The first-order valence-electron chi connectivity index (χ1n) is 7.61. The molecule has 1 fully saturated rings. The first-order valence-corrected chi connectivity index (χ1v) is 7.61. The van der Waals surface area contributed by atoms with Crippen LogP contribution >= 0.6 is 0 Å². The average Bonchev–Trinajstić information content (AvgIpc) is 2.52. The SMILES string of the molecule is CC(=O)NCC1CCN(C(CC#N)c2ccccc2)CC1. The molecular formula is C17H23N3O. The molecule has 2 rings (SSSR count). The van der Waals surface area contributed by atoms with Gasteiger partial charge < -0.3 is 5.32 Å². The van der Waals surface area contributed by atoms with E-state index in [1.54, 1.807) is 6.92 Å². The average molecular weight is 285 g/mol. The topological polar surface area (TPSA) is 56.1 Å². The molecule has 0 aromatic heterocycles. The van der Waals surface area contributed by atoms with Gasteiger partial charge in [-0.25, -0.2) is 0 Å². The zero-order valence-electron chi connectivity index (χ0n) is 12.6. The summed E-state index contributed by atoms with van der Waals surface area (Å²) >= 11 is 0. The molecule has 1 N–H and O–H groups in total. The predicted molar refractivity (Wildman–Crippen MR) is 82.4 cm³/mol. The molecule has 1 aromatic rings. The molecule has 0 saturated carbocycles. The van der Waals surface area contributed by atoms with Crippen molar-refractivity contribution in [1.29, 1.82) is 5.26 Å². The van der Waals surface area contributed by atoms with Gasteiger partial charge in [0.15, 0.2) is 0 Å². The third kappa shape index (κ3) is 4.57. The van der Waals surface area contributed by atoms with Gasteiger partial charge in [0.05, 0.1) is 12.5 Å². The zero-order chi connectivity index (χ0) is 15.1. The smallest absolute Gasteiger partial charge is 0.216 e. The van der Waals surface area contributed by atoms with Crippen molar-refractivity contribution < 1.29 is 4.79 Å². The maximum absolute atomic E-state index is 11.0.